The van der Waals surface area contributed by atoms with Crippen LogP contribution in [0.25, 0.3) is 5.76 Å². The molecule has 170 valence electrons. The molecule has 1 unspecified atom stereocenters. The van der Waals surface area contributed by atoms with Crippen molar-refractivity contribution in [2.75, 3.05) is 4.31 Å². The molecule has 2 N–H and O–H groups in total. The quantitative estimate of drug-likeness (QED) is 0.597. The maximum atomic E-state index is 14.2. The number of fused-ring (bicyclic) bond motifs is 2. The second-order valence-corrected chi connectivity index (χ2v) is 10.0. The Morgan fingerprint density at radius 1 is 1.09 bits per heavy atom. The predicted molar refractivity (Wildman–Crippen MR) is 127 cm³/mol. The summed E-state index contributed by atoms with van der Waals surface area (Å²) in [5.74, 6) is -1.80. The SMILES string of the molecule is Cc1cccc(CN2c3ccccc3C3=C(C(c4cccc(F)c4)C(C#N)=C(N)O3)S2(=O)=O)c1. The molecule has 0 saturated carbocycles. The summed E-state index contributed by atoms with van der Waals surface area (Å²) < 4.78 is 49.6. The number of nitrogens with zero attached hydrogens (tertiary/aromatic N) is 2. The lowest BCUT2D eigenvalue weighted by atomic mass is 9.88. The van der Waals surface area contributed by atoms with Gasteiger partial charge in [0.1, 0.15) is 22.4 Å². The van der Waals surface area contributed by atoms with E-state index in [2.05, 4.69) is 0 Å². The average Bonchev–Trinajstić information content (AvgIpc) is 2.81. The van der Waals surface area contributed by atoms with Gasteiger partial charge in [-0.2, -0.15) is 5.26 Å². The molecule has 0 radical (unpaired) electrons. The smallest absolute Gasteiger partial charge is 0.265 e. The minimum atomic E-state index is -4.20. The van der Waals surface area contributed by atoms with E-state index in [0.29, 0.717) is 16.8 Å². The molecular weight excluding hydrogens is 453 g/mol. The van der Waals surface area contributed by atoms with Gasteiger partial charge in [-0.3, -0.25) is 4.31 Å². The van der Waals surface area contributed by atoms with Crippen molar-refractivity contribution >= 4 is 21.5 Å². The number of sulfonamides is 1. The summed E-state index contributed by atoms with van der Waals surface area (Å²) in [6.45, 7) is 2.01. The van der Waals surface area contributed by atoms with Gasteiger partial charge in [-0.1, -0.05) is 54.1 Å². The maximum Gasteiger partial charge on any atom is 0.265 e. The van der Waals surface area contributed by atoms with E-state index in [1.54, 1.807) is 30.3 Å². The molecule has 0 saturated heterocycles. The molecule has 2 aliphatic rings. The van der Waals surface area contributed by atoms with Crippen LogP contribution in [0.5, 0.6) is 0 Å². The van der Waals surface area contributed by atoms with Gasteiger partial charge in [0.05, 0.1) is 18.2 Å². The summed E-state index contributed by atoms with van der Waals surface area (Å²) in [4.78, 5) is -0.129. The van der Waals surface area contributed by atoms with E-state index >= 15 is 0 Å². The molecule has 34 heavy (non-hydrogen) atoms. The maximum absolute atomic E-state index is 14.2. The fourth-order valence-electron chi connectivity index (χ4n) is 4.48. The van der Waals surface area contributed by atoms with Gasteiger partial charge in [-0.05, 0) is 42.3 Å². The number of allylic oxidation sites excluding steroid dienone is 2. The van der Waals surface area contributed by atoms with Crippen LogP contribution in [0.15, 0.2) is 89.2 Å². The van der Waals surface area contributed by atoms with E-state index in [0.717, 1.165) is 11.1 Å². The van der Waals surface area contributed by atoms with E-state index in [1.807, 2.05) is 37.3 Å². The molecule has 0 amide bonds. The van der Waals surface area contributed by atoms with Crippen molar-refractivity contribution in [3.05, 3.63) is 117 Å². The number of hydrogen-bond donors (Lipinski definition) is 1. The van der Waals surface area contributed by atoms with Gasteiger partial charge in [-0.15, -0.1) is 0 Å². The Morgan fingerprint density at radius 2 is 1.85 bits per heavy atom. The predicted octanol–water partition coefficient (Wildman–Crippen LogP) is 4.66. The van der Waals surface area contributed by atoms with Gasteiger partial charge >= 0.3 is 0 Å². The van der Waals surface area contributed by atoms with Gasteiger partial charge in [0.2, 0.25) is 5.88 Å². The highest BCUT2D eigenvalue weighted by molar-refractivity contribution is 7.96. The molecule has 2 heterocycles. The van der Waals surface area contributed by atoms with Gasteiger partial charge < -0.3 is 10.5 Å². The van der Waals surface area contributed by atoms with Gasteiger partial charge in [0.15, 0.2) is 5.76 Å². The molecule has 5 rings (SSSR count). The largest absolute Gasteiger partial charge is 0.439 e. The lowest BCUT2D eigenvalue weighted by Gasteiger charge is -2.38. The number of rotatable bonds is 3. The molecule has 1 atom stereocenters. The zero-order valence-electron chi connectivity index (χ0n) is 18.2. The van der Waals surface area contributed by atoms with E-state index < -0.39 is 21.8 Å². The average molecular weight is 474 g/mol. The summed E-state index contributed by atoms with van der Waals surface area (Å²) in [7, 11) is -4.20. The zero-order chi connectivity index (χ0) is 24.0. The van der Waals surface area contributed by atoms with Crippen molar-refractivity contribution in [3.8, 4) is 6.07 Å². The number of anilines is 1. The minimum Gasteiger partial charge on any atom is -0.439 e. The monoisotopic (exact) mass is 473 g/mol. The highest BCUT2D eigenvalue weighted by Gasteiger charge is 2.47. The standard InChI is InChI=1S/C26H20FN3O3S/c1-16-6-4-7-17(12-16)15-30-22-11-3-2-10-20(22)24-25(34(30,31)32)23(21(14-28)26(29)33-24)18-8-5-9-19(27)13-18/h2-13,23H,15,29H2,1H3. The van der Waals surface area contributed by atoms with Crippen LogP contribution in [0.1, 0.15) is 28.2 Å². The number of hydrogen-bond acceptors (Lipinski definition) is 5. The molecule has 8 heteroatoms. The zero-order valence-corrected chi connectivity index (χ0v) is 19.0. The second kappa shape index (κ2) is 8.04. The molecule has 0 spiro atoms. The number of para-hydroxylation sites is 1. The fourth-order valence-corrected chi connectivity index (χ4v) is 6.39. The highest BCUT2D eigenvalue weighted by Crippen LogP contribution is 2.51. The lowest BCUT2D eigenvalue weighted by molar-refractivity contribution is 0.357. The van der Waals surface area contributed by atoms with Crippen molar-refractivity contribution in [1.29, 1.82) is 5.26 Å². The topological polar surface area (TPSA) is 96.4 Å². The van der Waals surface area contributed by atoms with Crippen LogP contribution in [0.2, 0.25) is 0 Å². The first-order valence-electron chi connectivity index (χ1n) is 10.6. The van der Waals surface area contributed by atoms with E-state index in [-0.39, 0.29) is 28.7 Å². The third kappa shape index (κ3) is 3.42. The first kappa shape index (κ1) is 21.7. The first-order valence-corrected chi connectivity index (χ1v) is 12.0. The number of ether oxygens (including phenoxy) is 1. The van der Waals surface area contributed by atoms with Crippen molar-refractivity contribution in [2.24, 2.45) is 5.73 Å². The Labute approximate surface area is 197 Å². The molecule has 3 aromatic rings. The molecule has 0 bridgehead atoms. The molecule has 2 aliphatic heterocycles. The third-order valence-electron chi connectivity index (χ3n) is 5.95. The number of aryl methyl sites for hydroxylation is 1. The Balaban J connectivity index is 1.77. The highest BCUT2D eigenvalue weighted by atomic mass is 32.2. The Kier molecular flexibility index (Phi) is 5.14. The van der Waals surface area contributed by atoms with Crippen molar-refractivity contribution in [3.63, 3.8) is 0 Å². The van der Waals surface area contributed by atoms with Crippen molar-refractivity contribution in [1.82, 2.24) is 0 Å². The van der Waals surface area contributed by atoms with Crippen LogP contribution in [0.4, 0.5) is 10.1 Å². The van der Waals surface area contributed by atoms with Gasteiger partial charge in [0, 0.05) is 5.56 Å². The molecule has 0 fully saturated rings. The molecule has 0 aromatic heterocycles. The minimum absolute atomic E-state index is 0.0573. The molecule has 0 aliphatic carbocycles. The summed E-state index contributed by atoms with van der Waals surface area (Å²) in [6, 6.07) is 22.0. The van der Waals surface area contributed by atoms with Crippen LogP contribution in [0.3, 0.4) is 0 Å². The molecular formula is C26H20FN3O3S. The van der Waals surface area contributed by atoms with Gasteiger partial charge in [0.25, 0.3) is 10.0 Å². The number of halogens is 1. The van der Waals surface area contributed by atoms with Crippen LogP contribution >= 0.6 is 0 Å². The number of nitrogens with two attached hydrogens (primary N) is 1. The summed E-state index contributed by atoms with van der Waals surface area (Å²) in [6.07, 6.45) is 0. The van der Waals surface area contributed by atoms with E-state index in [1.165, 1.54) is 22.5 Å². The van der Waals surface area contributed by atoms with Crippen LogP contribution in [0, 0.1) is 24.1 Å². The van der Waals surface area contributed by atoms with Crippen LogP contribution in [-0.2, 0) is 21.3 Å². The van der Waals surface area contributed by atoms with Crippen molar-refractivity contribution in [2.45, 2.75) is 19.4 Å². The Morgan fingerprint density at radius 3 is 2.59 bits per heavy atom. The van der Waals surface area contributed by atoms with E-state index in [4.69, 9.17) is 10.5 Å². The van der Waals surface area contributed by atoms with Crippen molar-refractivity contribution < 1.29 is 17.5 Å². The third-order valence-corrected chi connectivity index (χ3v) is 7.83. The van der Waals surface area contributed by atoms with E-state index in [9.17, 15) is 18.1 Å². The molecule has 3 aromatic carbocycles. The second-order valence-electron chi connectivity index (χ2n) is 8.19. The number of nitriles is 1. The van der Waals surface area contributed by atoms with Crippen LogP contribution < -0.4 is 10.0 Å². The summed E-state index contributed by atoms with van der Waals surface area (Å²) >= 11 is 0. The van der Waals surface area contributed by atoms with Crippen LogP contribution in [-0.4, -0.2) is 8.42 Å². The Hall–Kier alpha value is -4.09. The van der Waals surface area contributed by atoms with Gasteiger partial charge in [-0.25, -0.2) is 12.8 Å². The Bertz CT molecular complexity index is 1540. The summed E-state index contributed by atoms with van der Waals surface area (Å²) in [5.41, 5.74) is 9.07. The normalized spacial score (nSPS) is 18.6. The first-order chi connectivity index (χ1) is 16.3. The summed E-state index contributed by atoms with van der Waals surface area (Å²) in [5, 5.41) is 9.86. The fraction of sp³-hybridized carbons (Fsp3) is 0.115. The molecule has 6 nitrogen and oxygen atoms in total. The lowest BCUT2D eigenvalue weighted by Crippen LogP contribution is -2.39. The number of benzene rings is 3.